The predicted octanol–water partition coefficient (Wildman–Crippen LogP) is 4.24. The number of nitrogens with two attached hydrogens (primary N) is 1. The molecule has 5 rings (SSSR count). The summed E-state index contributed by atoms with van der Waals surface area (Å²) in [5.41, 5.74) is 9.49. The Morgan fingerprint density at radius 2 is 1.39 bits per heavy atom. The minimum atomic E-state index is -0.583. The Bertz CT molecular complexity index is 2240. The molecule has 51 heavy (non-hydrogen) atoms. The van der Waals surface area contributed by atoms with E-state index in [1.165, 1.54) is 24.8 Å². The number of H-pyrrole nitrogens is 3. The standard InChI is InChI=1S/C32H33BrN12O6/c1-14-21(10-36-25(14)29(47)35-8-7-24(34)44-51)40-30(48)26-15(2)22(11-37-26)41-31(49)27-16(3)23(12-38-27)42-32(50)45-13-18-9-19(5-6-20(18)43-45)39-28(46)17(4)33/h5-6,9-13,36-38,51H,4,7-8H2,1-3H3,(H2,34,44)(H,35,47)(H,39,46)(H,40,48)(H,41,49)(H,42,50). The average molecular weight is 762 g/mol. The quantitative estimate of drug-likeness (QED) is 0.0305. The summed E-state index contributed by atoms with van der Waals surface area (Å²) in [6.07, 6.45) is 6.09. The van der Waals surface area contributed by atoms with Gasteiger partial charge in [0.15, 0.2) is 0 Å². The first kappa shape index (κ1) is 35.7. The second-order valence-electron chi connectivity index (χ2n) is 11.2. The molecule has 4 heterocycles. The topological polar surface area (TPSA) is 269 Å². The lowest BCUT2D eigenvalue weighted by Gasteiger charge is -2.07. The van der Waals surface area contributed by atoms with Crippen molar-refractivity contribution in [2.75, 3.05) is 27.8 Å². The van der Waals surface area contributed by atoms with Crippen LogP contribution in [-0.4, -0.2) is 72.0 Å². The number of fused-ring (bicyclic) bond motifs is 1. The van der Waals surface area contributed by atoms with Gasteiger partial charge in [-0.15, -0.1) is 0 Å². The molecule has 0 saturated heterocycles. The number of rotatable bonds is 11. The van der Waals surface area contributed by atoms with Gasteiger partial charge in [0.05, 0.1) is 27.1 Å². The molecule has 0 aliphatic carbocycles. The van der Waals surface area contributed by atoms with Crippen molar-refractivity contribution in [1.29, 1.82) is 0 Å². The van der Waals surface area contributed by atoms with Gasteiger partial charge in [-0.1, -0.05) is 11.7 Å². The number of amides is 5. The fourth-order valence-electron chi connectivity index (χ4n) is 4.97. The van der Waals surface area contributed by atoms with E-state index in [0.717, 1.165) is 4.68 Å². The molecule has 0 spiro atoms. The summed E-state index contributed by atoms with van der Waals surface area (Å²) in [7, 11) is 0. The number of aromatic nitrogens is 5. The summed E-state index contributed by atoms with van der Waals surface area (Å²) in [5.74, 6) is -1.89. The Hall–Kier alpha value is -6.63. The number of nitrogens with one attached hydrogen (secondary N) is 8. The molecule has 264 valence electrons. The van der Waals surface area contributed by atoms with Gasteiger partial charge in [0.1, 0.15) is 22.9 Å². The Labute approximate surface area is 297 Å². The highest BCUT2D eigenvalue weighted by atomic mass is 79.9. The van der Waals surface area contributed by atoms with Gasteiger partial charge in [-0.05, 0) is 54.9 Å². The van der Waals surface area contributed by atoms with E-state index in [4.69, 9.17) is 10.9 Å². The molecule has 19 heteroatoms. The number of oxime groups is 1. The van der Waals surface area contributed by atoms with Crippen LogP contribution in [0.3, 0.4) is 0 Å². The monoisotopic (exact) mass is 760 g/mol. The van der Waals surface area contributed by atoms with Crippen LogP contribution in [0.15, 0.2) is 59.2 Å². The number of anilines is 4. The zero-order valence-electron chi connectivity index (χ0n) is 27.4. The first-order valence-corrected chi connectivity index (χ1v) is 15.9. The van der Waals surface area contributed by atoms with Crippen LogP contribution >= 0.6 is 15.9 Å². The summed E-state index contributed by atoms with van der Waals surface area (Å²) in [6.45, 7) is 8.65. The number of benzene rings is 1. The third kappa shape index (κ3) is 7.83. The Kier molecular flexibility index (Phi) is 10.4. The van der Waals surface area contributed by atoms with Gasteiger partial charge in [0, 0.05) is 65.5 Å². The lowest BCUT2D eigenvalue weighted by Crippen LogP contribution is -2.28. The molecule has 4 aromatic heterocycles. The third-order valence-corrected chi connectivity index (χ3v) is 8.21. The molecule has 0 saturated carbocycles. The van der Waals surface area contributed by atoms with Crippen LogP contribution in [0, 0.1) is 20.8 Å². The average Bonchev–Trinajstić information content (AvgIpc) is 3.87. The van der Waals surface area contributed by atoms with Gasteiger partial charge in [0.25, 0.3) is 23.6 Å². The van der Waals surface area contributed by atoms with Crippen LogP contribution in [0.25, 0.3) is 10.9 Å². The van der Waals surface area contributed by atoms with Crippen molar-refractivity contribution in [3.8, 4) is 0 Å². The zero-order valence-corrected chi connectivity index (χ0v) is 29.0. The molecule has 1 aromatic carbocycles. The summed E-state index contributed by atoms with van der Waals surface area (Å²) in [4.78, 5) is 72.4. The molecule has 0 bridgehead atoms. The lowest BCUT2D eigenvalue weighted by atomic mass is 10.2. The van der Waals surface area contributed by atoms with Crippen LogP contribution in [0.5, 0.6) is 0 Å². The maximum atomic E-state index is 13.2. The maximum absolute atomic E-state index is 13.2. The molecule has 5 aromatic rings. The van der Waals surface area contributed by atoms with Crippen molar-refractivity contribution in [2.45, 2.75) is 27.2 Å². The van der Waals surface area contributed by atoms with Crippen molar-refractivity contribution < 1.29 is 29.2 Å². The zero-order chi connectivity index (χ0) is 37.0. The van der Waals surface area contributed by atoms with Gasteiger partial charge < -0.3 is 52.5 Å². The summed E-state index contributed by atoms with van der Waals surface area (Å²) in [5, 5.41) is 29.9. The molecule has 11 N–H and O–H groups in total. The lowest BCUT2D eigenvalue weighted by molar-refractivity contribution is -0.112. The number of hydrogen-bond donors (Lipinski definition) is 10. The fraction of sp³-hybridized carbons (Fsp3) is 0.156. The van der Waals surface area contributed by atoms with Crippen LogP contribution < -0.4 is 32.3 Å². The number of halogens is 1. The van der Waals surface area contributed by atoms with Crippen molar-refractivity contribution in [1.82, 2.24) is 30.0 Å². The van der Waals surface area contributed by atoms with Crippen molar-refractivity contribution >= 4 is 85.1 Å². The Morgan fingerprint density at radius 3 is 1.92 bits per heavy atom. The van der Waals surface area contributed by atoms with E-state index in [2.05, 4.69) is 74.3 Å². The molecular weight excluding hydrogens is 728 g/mol. The first-order chi connectivity index (χ1) is 24.3. The number of nitrogens with zero attached hydrogens (tertiary/aromatic N) is 3. The fourth-order valence-corrected chi connectivity index (χ4v) is 5.07. The SMILES string of the molecule is C=C(Br)C(=O)Nc1ccc2nn(C(=O)Nc3c[nH]c(C(=O)Nc4c[nH]c(C(=O)Nc5c[nH]c(C(=O)NCCC(N)=NO)c5C)c4C)c3C)cc2c1. The molecule has 5 amide bonds. The summed E-state index contributed by atoms with van der Waals surface area (Å²) < 4.78 is 1.28. The number of hydrogen-bond acceptors (Lipinski definition) is 8. The van der Waals surface area contributed by atoms with Crippen LogP contribution in [0.4, 0.5) is 27.5 Å². The molecule has 0 fully saturated rings. The molecule has 0 aliphatic rings. The largest absolute Gasteiger partial charge is 0.409 e. The van der Waals surface area contributed by atoms with Crippen LogP contribution in [0.2, 0.25) is 0 Å². The molecule has 0 radical (unpaired) electrons. The van der Waals surface area contributed by atoms with Crippen molar-refractivity contribution in [3.05, 3.63) is 87.8 Å². The van der Waals surface area contributed by atoms with E-state index in [1.807, 2.05) is 0 Å². The molecule has 0 aliphatic heterocycles. The third-order valence-electron chi connectivity index (χ3n) is 7.85. The number of amidine groups is 1. The second-order valence-corrected chi connectivity index (χ2v) is 12.2. The minimum absolute atomic E-state index is 0.0243. The molecule has 0 unspecified atom stereocenters. The number of aromatic amines is 3. The van der Waals surface area contributed by atoms with E-state index < -0.39 is 29.7 Å². The van der Waals surface area contributed by atoms with E-state index >= 15 is 0 Å². The number of carbonyl (C=O) groups is 5. The van der Waals surface area contributed by atoms with E-state index in [0.29, 0.717) is 50.3 Å². The smallest absolute Gasteiger partial charge is 0.346 e. The van der Waals surface area contributed by atoms with Crippen molar-refractivity contribution in [2.24, 2.45) is 10.9 Å². The van der Waals surface area contributed by atoms with Gasteiger partial charge in [-0.3, -0.25) is 19.2 Å². The highest BCUT2D eigenvalue weighted by Gasteiger charge is 2.22. The van der Waals surface area contributed by atoms with Gasteiger partial charge in [-0.2, -0.15) is 9.78 Å². The predicted molar refractivity (Wildman–Crippen MR) is 194 cm³/mol. The Balaban J connectivity index is 1.20. The van der Waals surface area contributed by atoms with E-state index in [9.17, 15) is 24.0 Å². The maximum Gasteiger partial charge on any atom is 0.346 e. The van der Waals surface area contributed by atoms with Crippen molar-refractivity contribution in [3.63, 3.8) is 0 Å². The van der Waals surface area contributed by atoms with E-state index in [1.54, 1.807) is 39.0 Å². The van der Waals surface area contributed by atoms with Crippen LogP contribution in [0.1, 0.15) is 54.6 Å². The molecular formula is C32H33BrN12O6. The first-order valence-electron chi connectivity index (χ1n) is 15.1. The summed E-state index contributed by atoms with van der Waals surface area (Å²) in [6, 6.07) is 4.39. The van der Waals surface area contributed by atoms with E-state index in [-0.39, 0.29) is 40.4 Å². The minimum Gasteiger partial charge on any atom is -0.409 e. The highest BCUT2D eigenvalue weighted by Crippen LogP contribution is 2.25. The Morgan fingerprint density at radius 1 is 0.863 bits per heavy atom. The molecule has 0 atom stereocenters. The van der Waals surface area contributed by atoms with Gasteiger partial charge >= 0.3 is 6.03 Å². The highest BCUT2D eigenvalue weighted by molar-refractivity contribution is 9.12. The second kappa shape index (κ2) is 14.9. The van der Waals surface area contributed by atoms with Crippen LogP contribution in [-0.2, 0) is 4.79 Å². The summed E-state index contributed by atoms with van der Waals surface area (Å²) >= 11 is 3.03. The number of carbonyl (C=O) groups excluding carboxylic acids is 5. The molecule has 18 nitrogen and oxygen atoms in total. The van der Waals surface area contributed by atoms with Gasteiger partial charge in [-0.25, -0.2) is 4.79 Å². The van der Waals surface area contributed by atoms with Gasteiger partial charge in [0.2, 0.25) is 0 Å². The normalized spacial score (nSPS) is 11.3.